The highest BCUT2D eigenvalue weighted by atomic mass is 16.5. The van der Waals surface area contributed by atoms with E-state index in [9.17, 15) is 0 Å². The number of rotatable bonds is 17. The molecule has 2 N–H and O–H groups in total. The van der Waals surface area contributed by atoms with Crippen molar-refractivity contribution in [3.05, 3.63) is 13.2 Å². The molecule has 0 radical (unpaired) electrons. The van der Waals surface area contributed by atoms with Gasteiger partial charge in [-0.2, -0.15) is 0 Å². The Morgan fingerprint density at radius 1 is 0.545 bits per heavy atom. The summed E-state index contributed by atoms with van der Waals surface area (Å²) in [6.45, 7) is 9.03. The van der Waals surface area contributed by atoms with Gasteiger partial charge in [-0.3, -0.25) is 0 Å². The molecule has 0 aliphatic heterocycles. The zero-order valence-electron chi connectivity index (χ0n) is 15.4. The molecule has 0 aromatic heterocycles. The largest absolute Gasteiger partial charge is 0.317 e. The molecule has 2 heteroatoms. The second kappa shape index (κ2) is 25.6. The van der Waals surface area contributed by atoms with Crippen LogP contribution in [0.1, 0.15) is 110 Å². The van der Waals surface area contributed by atoms with Crippen molar-refractivity contribution in [2.45, 2.75) is 110 Å². The lowest BCUT2D eigenvalue weighted by atomic mass is 10.0. The van der Waals surface area contributed by atoms with Crippen molar-refractivity contribution in [3.63, 3.8) is 0 Å². The molecule has 0 unspecified atom stereocenters. The fourth-order valence-electron chi connectivity index (χ4n) is 2.75. The smallest absolute Gasteiger partial charge is 0.0207 e. The first-order chi connectivity index (χ1) is 10.9. The minimum Gasteiger partial charge on any atom is -0.317 e. The second-order valence-electron chi connectivity index (χ2n) is 6.21. The first kappa shape index (κ1) is 23.9. The highest BCUT2D eigenvalue weighted by Gasteiger charge is 1.94. The third kappa shape index (κ3) is 24.7. The number of nitrogens with one attached hydrogen (secondary N) is 1. The van der Waals surface area contributed by atoms with E-state index >= 15 is 0 Å². The summed E-state index contributed by atoms with van der Waals surface area (Å²) in [6, 6.07) is 0. The third-order valence-electron chi connectivity index (χ3n) is 4.14. The lowest BCUT2D eigenvalue weighted by molar-refractivity contribution is 0.164. The van der Waals surface area contributed by atoms with E-state index in [1.165, 1.54) is 96.3 Å². The van der Waals surface area contributed by atoms with Crippen molar-refractivity contribution >= 4 is 0 Å². The minimum atomic E-state index is 0.748. The Bertz CT molecular complexity index is 155. The van der Waals surface area contributed by atoms with E-state index in [0.29, 0.717) is 0 Å². The fraction of sp³-hybridized carbons (Fsp3) is 0.900. The van der Waals surface area contributed by atoms with Crippen LogP contribution in [0.4, 0.5) is 0 Å². The predicted octanol–water partition coefficient (Wildman–Crippen LogP) is 7.03. The van der Waals surface area contributed by atoms with Gasteiger partial charge in [0, 0.05) is 6.54 Å². The van der Waals surface area contributed by atoms with Gasteiger partial charge in [-0.1, -0.05) is 103 Å². The Morgan fingerprint density at radius 2 is 0.818 bits per heavy atom. The van der Waals surface area contributed by atoms with Gasteiger partial charge in [-0.15, -0.1) is 13.2 Å². The Labute approximate surface area is 140 Å². The molecule has 0 saturated heterocycles. The molecule has 0 amide bonds. The van der Waals surface area contributed by atoms with Gasteiger partial charge < -0.3 is 5.21 Å². The summed E-state index contributed by atoms with van der Waals surface area (Å²) in [5.74, 6) is 0. The van der Waals surface area contributed by atoms with Crippen molar-refractivity contribution in [1.29, 1.82) is 0 Å². The van der Waals surface area contributed by atoms with E-state index in [-0.39, 0.29) is 0 Å². The molecule has 0 bridgehead atoms. The molecule has 0 fully saturated rings. The monoisotopic (exact) mass is 313 g/mol. The molecule has 22 heavy (non-hydrogen) atoms. The third-order valence-corrected chi connectivity index (χ3v) is 4.14. The van der Waals surface area contributed by atoms with Crippen molar-refractivity contribution in [2.75, 3.05) is 6.54 Å². The van der Waals surface area contributed by atoms with Crippen molar-refractivity contribution in [2.24, 2.45) is 0 Å². The van der Waals surface area contributed by atoms with E-state index in [1.54, 1.807) is 0 Å². The van der Waals surface area contributed by atoms with Crippen LogP contribution in [0.15, 0.2) is 13.2 Å². The molecule has 0 heterocycles. The zero-order valence-corrected chi connectivity index (χ0v) is 15.4. The Hall–Kier alpha value is -0.340. The van der Waals surface area contributed by atoms with E-state index in [2.05, 4.69) is 25.6 Å². The predicted molar refractivity (Wildman–Crippen MR) is 101 cm³/mol. The van der Waals surface area contributed by atoms with E-state index in [0.717, 1.165) is 13.0 Å². The van der Waals surface area contributed by atoms with E-state index in [4.69, 9.17) is 5.21 Å². The molecule has 0 aromatic carbocycles. The first-order valence-electron chi connectivity index (χ1n) is 9.78. The first-order valence-corrected chi connectivity index (χ1v) is 9.78. The molecule has 134 valence electrons. The average Bonchev–Trinajstić information content (AvgIpc) is 2.56. The maximum absolute atomic E-state index is 8.43. The van der Waals surface area contributed by atoms with Crippen LogP contribution in [0.5, 0.6) is 0 Å². The lowest BCUT2D eigenvalue weighted by Gasteiger charge is -2.03. The van der Waals surface area contributed by atoms with Crippen LogP contribution in [0, 0.1) is 0 Å². The van der Waals surface area contributed by atoms with Crippen molar-refractivity contribution in [1.82, 2.24) is 5.48 Å². The standard InChI is InChI=1S/C18H39NO.C2H4/c1-2-3-4-5-6-7-8-9-10-11-12-13-14-15-16-17-18-19-20;1-2/h19-20H,2-18H2,1H3;1-2H2. The summed E-state index contributed by atoms with van der Waals surface area (Å²) in [7, 11) is 0. The van der Waals surface area contributed by atoms with Crippen LogP contribution < -0.4 is 5.48 Å². The van der Waals surface area contributed by atoms with Crippen molar-refractivity contribution < 1.29 is 5.21 Å². The van der Waals surface area contributed by atoms with Crippen molar-refractivity contribution in [3.8, 4) is 0 Å². The highest BCUT2D eigenvalue weighted by Crippen LogP contribution is 2.13. The summed E-state index contributed by atoms with van der Waals surface area (Å²) in [5.41, 5.74) is 2.22. The maximum Gasteiger partial charge on any atom is 0.0207 e. The number of hydrogen-bond donors (Lipinski definition) is 2. The topological polar surface area (TPSA) is 32.3 Å². The van der Waals surface area contributed by atoms with Gasteiger partial charge >= 0.3 is 0 Å². The molecular weight excluding hydrogens is 270 g/mol. The van der Waals surface area contributed by atoms with E-state index < -0.39 is 0 Å². The van der Waals surface area contributed by atoms with Gasteiger partial charge in [0.05, 0.1) is 0 Å². The molecule has 0 spiro atoms. The number of hydrogen-bond acceptors (Lipinski definition) is 2. The Balaban J connectivity index is 0. The number of hydroxylamine groups is 1. The summed E-state index contributed by atoms with van der Waals surface area (Å²) in [6.07, 6.45) is 22.3. The summed E-state index contributed by atoms with van der Waals surface area (Å²) in [4.78, 5) is 0. The van der Waals surface area contributed by atoms with E-state index in [1.807, 2.05) is 0 Å². The van der Waals surface area contributed by atoms with Gasteiger partial charge in [0.1, 0.15) is 0 Å². The van der Waals surface area contributed by atoms with Crippen LogP contribution in [0.25, 0.3) is 0 Å². The zero-order chi connectivity index (χ0) is 16.7. The minimum absolute atomic E-state index is 0.748. The highest BCUT2D eigenvalue weighted by molar-refractivity contribution is 4.50. The van der Waals surface area contributed by atoms with Crippen LogP contribution in [0.2, 0.25) is 0 Å². The molecular formula is C20H43NO. The summed E-state index contributed by atoms with van der Waals surface area (Å²) in [5, 5.41) is 8.43. The van der Waals surface area contributed by atoms with Crippen LogP contribution in [-0.4, -0.2) is 11.8 Å². The molecule has 0 aliphatic rings. The average molecular weight is 314 g/mol. The van der Waals surface area contributed by atoms with Gasteiger partial charge in [-0.25, -0.2) is 5.48 Å². The summed E-state index contributed by atoms with van der Waals surface area (Å²) >= 11 is 0. The second-order valence-corrected chi connectivity index (χ2v) is 6.21. The van der Waals surface area contributed by atoms with Gasteiger partial charge in [0.2, 0.25) is 0 Å². The molecule has 0 atom stereocenters. The molecule has 0 saturated carbocycles. The lowest BCUT2D eigenvalue weighted by Crippen LogP contribution is -2.07. The Morgan fingerprint density at radius 3 is 1.09 bits per heavy atom. The molecule has 0 aromatic rings. The van der Waals surface area contributed by atoms with Gasteiger partial charge in [0.25, 0.3) is 0 Å². The Kier molecular flexibility index (Phi) is 27.8. The van der Waals surface area contributed by atoms with Crippen LogP contribution in [-0.2, 0) is 0 Å². The maximum atomic E-state index is 8.43. The quantitative estimate of drug-likeness (QED) is 0.172. The fourth-order valence-corrected chi connectivity index (χ4v) is 2.75. The van der Waals surface area contributed by atoms with Crippen LogP contribution in [0.3, 0.4) is 0 Å². The van der Waals surface area contributed by atoms with Gasteiger partial charge in [0.15, 0.2) is 0 Å². The SMILES string of the molecule is C=C.CCCCCCCCCCCCCCCCCCNO. The van der Waals surface area contributed by atoms with Crippen LogP contribution >= 0.6 is 0 Å². The van der Waals surface area contributed by atoms with Gasteiger partial charge in [-0.05, 0) is 6.42 Å². The normalized spacial score (nSPS) is 10.3. The molecule has 0 aliphatic carbocycles. The molecule has 2 nitrogen and oxygen atoms in total. The number of unbranched alkanes of at least 4 members (excludes halogenated alkanes) is 15. The summed E-state index contributed by atoms with van der Waals surface area (Å²) < 4.78 is 0. The molecule has 0 rings (SSSR count).